The van der Waals surface area contributed by atoms with Crippen molar-refractivity contribution in [3.63, 3.8) is 0 Å². The molecule has 0 bridgehead atoms. The number of carbonyl (C=O) groups excluding carboxylic acids is 1. The lowest BCUT2D eigenvalue weighted by Gasteiger charge is -2.13. The number of nitrogens with one attached hydrogen (secondary N) is 1. The van der Waals surface area contributed by atoms with E-state index < -0.39 is 24.3 Å². The van der Waals surface area contributed by atoms with Crippen LogP contribution in [0.4, 0.5) is 18.9 Å². The van der Waals surface area contributed by atoms with Crippen molar-refractivity contribution >= 4 is 22.6 Å². The SMILES string of the molecule is Cc1cc(C)cc(-n2ncc3c(OCC(=O)Nc4ccccc4C(F)(F)F)ncnc32)c1. The highest BCUT2D eigenvalue weighted by atomic mass is 19.4. The summed E-state index contributed by atoms with van der Waals surface area (Å²) >= 11 is 0. The predicted octanol–water partition coefficient (Wildman–Crippen LogP) is 4.47. The van der Waals surface area contributed by atoms with E-state index in [1.807, 2.05) is 32.0 Å². The van der Waals surface area contributed by atoms with Gasteiger partial charge in [0, 0.05) is 0 Å². The summed E-state index contributed by atoms with van der Waals surface area (Å²) in [7, 11) is 0. The van der Waals surface area contributed by atoms with E-state index in [0.29, 0.717) is 11.0 Å². The average Bonchev–Trinajstić information content (AvgIpc) is 3.16. The predicted molar refractivity (Wildman–Crippen MR) is 112 cm³/mol. The number of halogens is 3. The molecule has 10 heteroatoms. The van der Waals surface area contributed by atoms with E-state index in [1.54, 1.807) is 4.68 Å². The lowest BCUT2D eigenvalue weighted by Crippen LogP contribution is -2.22. The molecule has 0 radical (unpaired) electrons. The largest absolute Gasteiger partial charge is 0.467 e. The van der Waals surface area contributed by atoms with Crippen LogP contribution in [0.25, 0.3) is 16.7 Å². The summed E-state index contributed by atoms with van der Waals surface area (Å²) < 4.78 is 46.4. The van der Waals surface area contributed by atoms with Crippen molar-refractivity contribution in [2.75, 3.05) is 11.9 Å². The summed E-state index contributed by atoms with van der Waals surface area (Å²) in [6.45, 7) is 3.41. The number of para-hydroxylation sites is 1. The normalized spacial score (nSPS) is 11.5. The van der Waals surface area contributed by atoms with Gasteiger partial charge in [0.25, 0.3) is 5.91 Å². The first kappa shape index (κ1) is 21.3. The van der Waals surface area contributed by atoms with Crippen LogP contribution in [0.3, 0.4) is 0 Å². The Morgan fingerprint density at radius 2 is 1.81 bits per heavy atom. The Morgan fingerprint density at radius 3 is 2.53 bits per heavy atom. The van der Waals surface area contributed by atoms with Gasteiger partial charge in [-0.2, -0.15) is 18.3 Å². The average molecular weight is 441 g/mol. The van der Waals surface area contributed by atoms with E-state index >= 15 is 0 Å². The number of ether oxygens (including phenoxy) is 1. The third-order valence-corrected chi connectivity index (χ3v) is 4.63. The third kappa shape index (κ3) is 4.39. The molecule has 0 aliphatic rings. The van der Waals surface area contributed by atoms with Crippen molar-refractivity contribution in [2.24, 2.45) is 0 Å². The van der Waals surface area contributed by atoms with Gasteiger partial charge in [-0.05, 0) is 49.2 Å². The van der Waals surface area contributed by atoms with E-state index in [4.69, 9.17) is 4.74 Å². The van der Waals surface area contributed by atoms with Gasteiger partial charge in [-0.25, -0.2) is 14.6 Å². The number of amides is 1. The second kappa shape index (κ2) is 8.29. The molecule has 1 N–H and O–H groups in total. The van der Waals surface area contributed by atoms with Crippen LogP contribution in [-0.4, -0.2) is 32.3 Å². The number of anilines is 1. The molecule has 0 aliphatic carbocycles. The van der Waals surface area contributed by atoms with Gasteiger partial charge < -0.3 is 10.1 Å². The van der Waals surface area contributed by atoms with E-state index in [1.165, 1.54) is 30.7 Å². The topological polar surface area (TPSA) is 81.9 Å². The zero-order valence-corrected chi connectivity index (χ0v) is 17.1. The maximum Gasteiger partial charge on any atom is 0.418 e. The highest BCUT2D eigenvalue weighted by Crippen LogP contribution is 2.34. The summed E-state index contributed by atoms with van der Waals surface area (Å²) in [5.74, 6) is -0.653. The van der Waals surface area contributed by atoms with Crippen molar-refractivity contribution in [2.45, 2.75) is 20.0 Å². The summed E-state index contributed by atoms with van der Waals surface area (Å²) in [5, 5.41) is 7.05. The second-order valence-electron chi connectivity index (χ2n) is 7.20. The zero-order chi connectivity index (χ0) is 22.9. The molecule has 0 saturated carbocycles. The Bertz CT molecular complexity index is 1280. The molecule has 32 heavy (non-hydrogen) atoms. The Labute approximate surface area is 180 Å². The van der Waals surface area contributed by atoms with Gasteiger partial charge in [-0.1, -0.05) is 18.2 Å². The molecule has 2 aromatic carbocycles. The first-order valence-corrected chi connectivity index (χ1v) is 9.58. The number of alkyl halides is 3. The van der Waals surface area contributed by atoms with Crippen molar-refractivity contribution in [1.29, 1.82) is 0 Å². The van der Waals surface area contributed by atoms with Crippen molar-refractivity contribution < 1.29 is 22.7 Å². The summed E-state index contributed by atoms with van der Waals surface area (Å²) in [5.41, 5.74) is 2.12. The van der Waals surface area contributed by atoms with Gasteiger partial charge in [-0.3, -0.25) is 4.79 Å². The Morgan fingerprint density at radius 1 is 1.09 bits per heavy atom. The maximum absolute atomic E-state index is 13.1. The fourth-order valence-corrected chi connectivity index (χ4v) is 3.36. The summed E-state index contributed by atoms with van der Waals surface area (Å²) in [4.78, 5) is 20.5. The Kier molecular flexibility index (Phi) is 5.52. The molecule has 0 atom stereocenters. The minimum absolute atomic E-state index is 0.102. The second-order valence-corrected chi connectivity index (χ2v) is 7.20. The molecule has 0 unspecified atom stereocenters. The highest BCUT2D eigenvalue weighted by molar-refractivity contribution is 5.93. The van der Waals surface area contributed by atoms with Gasteiger partial charge in [0.2, 0.25) is 5.88 Å². The molecule has 164 valence electrons. The fraction of sp³-hybridized carbons (Fsp3) is 0.182. The van der Waals surface area contributed by atoms with Crippen LogP contribution in [0.5, 0.6) is 5.88 Å². The van der Waals surface area contributed by atoms with Gasteiger partial charge in [0.05, 0.1) is 23.1 Å². The molecule has 0 fully saturated rings. The number of hydrogen-bond acceptors (Lipinski definition) is 5. The lowest BCUT2D eigenvalue weighted by atomic mass is 10.1. The number of aryl methyl sites for hydroxylation is 2. The van der Waals surface area contributed by atoms with Crippen LogP contribution in [0.15, 0.2) is 55.0 Å². The highest BCUT2D eigenvalue weighted by Gasteiger charge is 2.33. The molecule has 1 amide bonds. The molecule has 2 heterocycles. The standard InChI is InChI=1S/C22H18F3N5O2/c1-13-7-14(2)9-15(8-13)30-20-16(10-28-30)21(27-12-26-20)32-11-19(31)29-18-6-4-3-5-17(18)22(23,24)25/h3-10,12H,11H2,1-2H3,(H,29,31). The molecule has 7 nitrogen and oxygen atoms in total. The van der Waals surface area contributed by atoms with Gasteiger partial charge in [-0.15, -0.1) is 0 Å². The Hall–Kier alpha value is -3.95. The van der Waals surface area contributed by atoms with Crippen LogP contribution in [-0.2, 0) is 11.0 Å². The zero-order valence-electron chi connectivity index (χ0n) is 17.1. The van der Waals surface area contributed by atoms with Crippen LogP contribution >= 0.6 is 0 Å². The first-order chi connectivity index (χ1) is 15.2. The van der Waals surface area contributed by atoms with Crippen LogP contribution in [0.2, 0.25) is 0 Å². The number of hydrogen-bond donors (Lipinski definition) is 1. The minimum atomic E-state index is -4.59. The van der Waals surface area contributed by atoms with Gasteiger partial charge in [0.1, 0.15) is 11.7 Å². The van der Waals surface area contributed by atoms with E-state index in [9.17, 15) is 18.0 Å². The number of nitrogens with zero attached hydrogens (tertiary/aromatic N) is 4. The quantitative estimate of drug-likeness (QED) is 0.494. The molecule has 0 spiro atoms. The van der Waals surface area contributed by atoms with Crippen molar-refractivity contribution in [1.82, 2.24) is 19.7 Å². The van der Waals surface area contributed by atoms with E-state index in [2.05, 4.69) is 20.4 Å². The molecular weight excluding hydrogens is 423 g/mol. The number of aromatic nitrogens is 4. The fourth-order valence-electron chi connectivity index (χ4n) is 3.36. The van der Waals surface area contributed by atoms with Crippen LogP contribution < -0.4 is 10.1 Å². The van der Waals surface area contributed by atoms with Crippen molar-refractivity contribution in [3.05, 3.63) is 71.7 Å². The number of rotatable bonds is 5. The summed E-state index contributed by atoms with van der Waals surface area (Å²) in [6.07, 6.45) is -1.80. The van der Waals surface area contributed by atoms with Crippen LogP contribution in [0.1, 0.15) is 16.7 Å². The smallest absolute Gasteiger partial charge is 0.418 e. The minimum Gasteiger partial charge on any atom is -0.467 e. The van der Waals surface area contributed by atoms with Gasteiger partial charge >= 0.3 is 6.18 Å². The van der Waals surface area contributed by atoms with Gasteiger partial charge in [0.15, 0.2) is 12.3 Å². The first-order valence-electron chi connectivity index (χ1n) is 9.58. The number of fused-ring (bicyclic) bond motifs is 1. The molecular formula is C22H18F3N5O2. The molecule has 4 aromatic rings. The third-order valence-electron chi connectivity index (χ3n) is 4.63. The number of carbonyl (C=O) groups is 1. The summed E-state index contributed by atoms with van der Waals surface area (Å²) in [6, 6.07) is 10.7. The molecule has 0 saturated heterocycles. The number of benzene rings is 2. The molecule has 4 rings (SSSR count). The van der Waals surface area contributed by atoms with E-state index in [-0.39, 0.29) is 11.6 Å². The maximum atomic E-state index is 13.1. The lowest BCUT2D eigenvalue weighted by molar-refractivity contribution is -0.137. The van der Waals surface area contributed by atoms with E-state index in [0.717, 1.165) is 22.9 Å². The van der Waals surface area contributed by atoms with Crippen molar-refractivity contribution in [3.8, 4) is 11.6 Å². The molecule has 2 aromatic heterocycles. The monoisotopic (exact) mass is 441 g/mol. The molecule has 0 aliphatic heterocycles. The Balaban J connectivity index is 1.54. The van der Waals surface area contributed by atoms with Crippen LogP contribution in [0, 0.1) is 13.8 Å².